The van der Waals surface area contributed by atoms with Gasteiger partial charge in [-0.15, -0.1) is 0 Å². The van der Waals surface area contributed by atoms with Crippen LogP contribution in [0.1, 0.15) is 25.7 Å². The third-order valence-electron chi connectivity index (χ3n) is 4.35. The highest BCUT2D eigenvalue weighted by Gasteiger charge is 2.43. The SMILES string of the molecule is O=C(NN1CCOCC1)[C@H]1C[C@@H]2CC[C@H]1C2. The number of morpholine rings is 1. The summed E-state index contributed by atoms with van der Waals surface area (Å²) in [6.45, 7) is 3.12. The zero-order valence-electron chi connectivity index (χ0n) is 9.65. The molecule has 1 heterocycles. The lowest BCUT2D eigenvalue weighted by Gasteiger charge is -2.30. The molecule has 1 amide bonds. The number of fused-ring (bicyclic) bond motifs is 2. The molecule has 3 atom stereocenters. The van der Waals surface area contributed by atoms with Crippen molar-refractivity contribution in [1.29, 1.82) is 0 Å². The summed E-state index contributed by atoms with van der Waals surface area (Å²) in [4.78, 5) is 12.1. The predicted octanol–water partition coefficient (Wildman–Crippen LogP) is 0.786. The largest absolute Gasteiger partial charge is 0.379 e. The number of ether oxygens (including phenoxy) is 1. The molecule has 3 aliphatic rings. The average Bonchev–Trinajstić information content (AvgIpc) is 2.92. The van der Waals surface area contributed by atoms with Crippen molar-refractivity contribution in [3.63, 3.8) is 0 Å². The minimum Gasteiger partial charge on any atom is -0.379 e. The van der Waals surface area contributed by atoms with Crippen molar-refractivity contribution in [1.82, 2.24) is 10.4 Å². The van der Waals surface area contributed by atoms with Gasteiger partial charge in [-0.2, -0.15) is 0 Å². The summed E-state index contributed by atoms with van der Waals surface area (Å²) in [5.41, 5.74) is 3.06. The van der Waals surface area contributed by atoms with Crippen molar-refractivity contribution < 1.29 is 9.53 Å². The molecule has 1 saturated heterocycles. The van der Waals surface area contributed by atoms with Gasteiger partial charge in [0, 0.05) is 19.0 Å². The highest BCUT2D eigenvalue weighted by molar-refractivity contribution is 5.79. The molecule has 16 heavy (non-hydrogen) atoms. The van der Waals surface area contributed by atoms with E-state index in [0.29, 0.717) is 11.8 Å². The van der Waals surface area contributed by atoms with Crippen molar-refractivity contribution in [2.75, 3.05) is 26.3 Å². The maximum absolute atomic E-state index is 12.1. The first-order valence-electron chi connectivity index (χ1n) is 6.46. The van der Waals surface area contributed by atoms with Gasteiger partial charge in [0.1, 0.15) is 0 Å². The van der Waals surface area contributed by atoms with Gasteiger partial charge >= 0.3 is 0 Å². The predicted molar refractivity (Wildman–Crippen MR) is 59.5 cm³/mol. The van der Waals surface area contributed by atoms with Crippen LogP contribution in [-0.4, -0.2) is 37.2 Å². The summed E-state index contributed by atoms with van der Waals surface area (Å²) >= 11 is 0. The number of amides is 1. The summed E-state index contributed by atoms with van der Waals surface area (Å²) in [5, 5.41) is 2.01. The zero-order valence-corrected chi connectivity index (χ0v) is 9.65. The summed E-state index contributed by atoms with van der Waals surface area (Å²) < 4.78 is 5.26. The Balaban J connectivity index is 1.53. The van der Waals surface area contributed by atoms with Gasteiger partial charge in [0.15, 0.2) is 0 Å². The molecule has 0 radical (unpaired) electrons. The molecule has 4 heteroatoms. The van der Waals surface area contributed by atoms with Crippen molar-refractivity contribution in [3.8, 4) is 0 Å². The van der Waals surface area contributed by atoms with Gasteiger partial charge in [0.25, 0.3) is 0 Å². The topological polar surface area (TPSA) is 41.6 Å². The second-order valence-corrected chi connectivity index (χ2v) is 5.36. The van der Waals surface area contributed by atoms with E-state index in [0.717, 1.165) is 38.6 Å². The van der Waals surface area contributed by atoms with Gasteiger partial charge < -0.3 is 4.74 Å². The van der Waals surface area contributed by atoms with Crippen LogP contribution in [0.3, 0.4) is 0 Å². The van der Waals surface area contributed by atoms with Crippen LogP contribution in [0.2, 0.25) is 0 Å². The number of nitrogens with zero attached hydrogens (tertiary/aromatic N) is 1. The van der Waals surface area contributed by atoms with E-state index in [1.165, 1.54) is 19.3 Å². The molecule has 0 unspecified atom stereocenters. The van der Waals surface area contributed by atoms with E-state index in [2.05, 4.69) is 5.43 Å². The first-order valence-corrected chi connectivity index (χ1v) is 6.46. The van der Waals surface area contributed by atoms with Crippen LogP contribution in [0.15, 0.2) is 0 Å². The monoisotopic (exact) mass is 224 g/mol. The standard InChI is InChI=1S/C12H20N2O2/c15-12(13-14-3-5-16-6-4-14)11-8-9-1-2-10(11)7-9/h9-11H,1-8H2,(H,13,15)/t9-,10+,11+/m1/s1. The minimum absolute atomic E-state index is 0.258. The number of carbonyl (C=O) groups excluding carboxylic acids is 1. The zero-order chi connectivity index (χ0) is 11.0. The summed E-state index contributed by atoms with van der Waals surface area (Å²) in [6, 6.07) is 0. The summed E-state index contributed by atoms with van der Waals surface area (Å²) in [5.74, 6) is 2.06. The Kier molecular flexibility index (Phi) is 2.86. The van der Waals surface area contributed by atoms with Crippen LogP contribution in [-0.2, 0) is 9.53 Å². The summed E-state index contributed by atoms with van der Waals surface area (Å²) in [7, 11) is 0. The number of carbonyl (C=O) groups is 1. The van der Waals surface area contributed by atoms with E-state index in [9.17, 15) is 4.79 Å². The van der Waals surface area contributed by atoms with Crippen LogP contribution in [0.25, 0.3) is 0 Å². The fraction of sp³-hybridized carbons (Fsp3) is 0.917. The fourth-order valence-electron chi connectivity index (χ4n) is 3.48. The van der Waals surface area contributed by atoms with E-state index in [4.69, 9.17) is 4.74 Å². The molecule has 0 aromatic heterocycles. The minimum atomic E-state index is 0.258. The number of hydrogen-bond acceptors (Lipinski definition) is 3. The molecule has 1 aliphatic heterocycles. The van der Waals surface area contributed by atoms with Crippen molar-refractivity contribution in [2.24, 2.45) is 17.8 Å². The molecule has 0 spiro atoms. The number of rotatable bonds is 2. The first kappa shape index (κ1) is 10.5. The molecule has 4 nitrogen and oxygen atoms in total. The van der Waals surface area contributed by atoms with Gasteiger partial charge in [-0.1, -0.05) is 6.42 Å². The Bertz CT molecular complexity index is 276. The quantitative estimate of drug-likeness (QED) is 0.754. The second-order valence-electron chi connectivity index (χ2n) is 5.36. The van der Waals surface area contributed by atoms with E-state index in [1.807, 2.05) is 5.01 Å². The Morgan fingerprint density at radius 1 is 1.19 bits per heavy atom. The fourth-order valence-corrected chi connectivity index (χ4v) is 3.48. The number of nitrogens with one attached hydrogen (secondary N) is 1. The van der Waals surface area contributed by atoms with Gasteiger partial charge in [-0.25, -0.2) is 5.01 Å². The third kappa shape index (κ3) is 1.96. The lowest BCUT2D eigenvalue weighted by molar-refractivity contribution is -0.133. The average molecular weight is 224 g/mol. The van der Waals surface area contributed by atoms with Crippen molar-refractivity contribution in [3.05, 3.63) is 0 Å². The normalized spacial score (nSPS) is 38.9. The molecule has 90 valence electrons. The molecule has 3 fully saturated rings. The van der Waals surface area contributed by atoms with Crippen LogP contribution in [0.4, 0.5) is 0 Å². The number of hydrazine groups is 1. The van der Waals surface area contributed by atoms with E-state index in [-0.39, 0.29) is 5.91 Å². The molecule has 2 bridgehead atoms. The van der Waals surface area contributed by atoms with Crippen LogP contribution in [0, 0.1) is 17.8 Å². The van der Waals surface area contributed by atoms with Gasteiger partial charge in [0.2, 0.25) is 5.91 Å². The highest BCUT2D eigenvalue weighted by Crippen LogP contribution is 2.48. The van der Waals surface area contributed by atoms with Crippen LogP contribution < -0.4 is 5.43 Å². The molecule has 0 aromatic carbocycles. The maximum atomic E-state index is 12.1. The molecule has 2 aliphatic carbocycles. The number of hydrogen-bond donors (Lipinski definition) is 1. The first-order chi connectivity index (χ1) is 7.83. The molecule has 3 rings (SSSR count). The Morgan fingerprint density at radius 2 is 2.00 bits per heavy atom. The smallest absolute Gasteiger partial charge is 0.237 e. The van der Waals surface area contributed by atoms with E-state index < -0.39 is 0 Å². The van der Waals surface area contributed by atoms with Crippen molar-refractivity contribution >= 4 is 5.91 Å². The maximum Gasteiger partial charge on any atom is 0.237 e. The van der Waals surface area contributed by atoms with Gasteiger partial charge in [-0.05, 0) is 31.1 Å². The molecule has 2 saturated carbocycles. The van der Waals surface area contributed by atoms with Crippen LogP contribution in [0.5, 0.6) is 0 Å². The van der Waals surface area contributed by atoms with Gasteiger partial charge in [-0.3, -0.25) is 10.2 Å². The van der Waals surface area contributed by atoms with E-state index >= 15 is 0 Å². The Hall–Kier alpha value is -0.610. The van der Waals surface area contributed by atoms with Crippen molar-refractivity contribution in [2.45, 2.75) is 25.7 Å². The molecule has 1 N–H and O–H groups in total. The summed E-state index contributed by atoms with van der Waals surface area (Å²) in [6.07, 6.45) is 5.04. The molecular weight excluding hydrogens is 204 g/mol. The lowest BCUT2D eigenvalue weighted by atomic mass is 9.88. The third-order valence-corrected chi connectivity index (χ3v) is 4.35. The Morgan fingerprint density at radius 3 is 2.62 bits per heavy atom. The molecule has 0 aromatic rings. The highest BCUT2D eigenvalue weighted by atomic mass is 16.5. The lowest BCUT2D eigenvalue weighted by Crippen LogP contribution is -2.50. The Labute approximate surface area is 96.3 Å². The van der Waals surface area contributed by atoms with Crippen LogP contribution >= 0.6 is 0 Å². The molecular formula is C12H20N2O2. The van der Waals surface area contributed by atoms with Gasteiger partial charge in [0.05, 0.1) is 13.2 Å². The van der Waals surface area contributed by atoms with E-state index in [1.54, 1.807) is 0 Å². The second kappa shape index (κ2) is 4.34.